The molecule has 1 fully saturated rings. The smallest absolute Gasteiger partial charge is 0.188 e. The van der Waals surface area contributed by atoms with Gasteiger partial charge < -0.3 is 20.4 Å². The van der Waals surface area contributed by atoms with Crippen LogP contribution in [0.15, 0.2) is 41.6 Å². The SMILES string of the molecule is CC1CN(c2ncnc3c(S(=O)(=O)Cc4ccccc4)c(N)[nH]c23)CCO1. The van der Waals surface area contributed by atoms with Crippen LogP contribution in [0, 0.1) is 0 Å². The van der Waals surface area contributed by atoms with Gasteiger partial charge in [-0.1, -0.05) is 30.3 Å². The molecule has 3 N–H and O–H groups in total. The Hall–Kier alpha value is -2.65. The third kappa shape index (κ3) is 3.35. The number of fused-ring (bicyclic) bond motifs is 1. The Bertz CT molecular complexity index is 1070. The van der Waals surface area contributed by atoms with E-state index in [1.165, 1.54) is 6.33 Å². The monoisotopic (exact) mass is 387 g/mol. The zero-order valence-electron chi connectivity index (χ0n) is 14.9. The predicted molar refractivity (Wildman–Crippen MR) is 103 cm³/mol. The summed E-state index contributed by atoms with van der Waals surface area (Å²) in [4.78, 5) is 13.7. The van der Waals surface area contributed by atoms with E-state index in [2.05, 4.69) is 19.9 Å². The maximum Gasteiger partial charge on any atom is 0.188 e. The van der Waals surface area contributed by atoms with Crippen molar-refractivity contribution in [3.63, 3.8) is 0 Å². The molecule has 0 amide bonds. The molecule has 1 aliphatic rings. The zero-order chi connectivity index (χ0) is 19.0. The summed E-state index contributed by atoms with van der Waals surface area (Å²) >= 11 is 0. The second-order valence-corrected chi connectivity index (χ2v) is 8.59. The number of benzene rings is 1. The van der Waals surface area contributed by atoms with Crippen LogP contribution in [0.2, 0.25) is 0 Å². The summed E-state index contributed by atoms with van der Waals surface area (Å²) in [6.07, 6.45) is 1.45. The van der Waals surface area contributed by atoms with Crippen LogP contribution in [0.5, 0.6) is 0 Å². The Morgan fingerprint density at radius 2 is 2.07 bits per heavy atom. The van der Waals surface area contributed by atoms with Crippen molar-refractivity contribution in [1.82, 2.24) is 15.0 Å². The van der Waals surface area contributed by atoms with Crippen LogP contribution in [0.1, 0.15) is 12.5 Å². The van der Waals surface area contributed by atoms with Crippen LogP contribution in [0.3, 0.4) is 0 Å². The predicted octanol–water partition coefficient (Wildman–Crippen LogP) is 1.74. The number of anilines is 2. The third-order valence-electron chi connectivity index (χ3n) is 4.60. The molecule has 27 heavy (non-hydrogen) atoms. The Morgan fingerprint density at radius 3 is 2.81 bits per heavy atom. The fourth-order valence-corrected chi connectivity index (χ4v) is 5.02. The largest absolute Gasteiger partial charge is 0.384 e. The molecule has 3 aromatic rings. The van der Waals surface area contributed by atoms with Gasteiger partial charge in [0.05, 0.1) is 18.5 Å². The second kappa shape index (κ2) is 6.82. The van der Waals surface area contributed by atoms with Crippen molar-refractivity contribution in [3.05, 3.63) is 42.2 Å². The minimum absolute atomic E-state index is 0.0336. The van der Waals surface area contributed by atoms with E-state index in [-0.39, 0.29) is 22.6 Å². The van der Waals surface area contributed by atoms with Gasteiger partial charge in [-0.2, -0.15) is 0 Å². The molecule has 0 bridgehead atoms. The highest BCUT2D eigenvalue weighted by Crippen LogP contribution is 2.34. The van der Waals surface area contributed by atoms with Crippen LogP contribution >= 0.6 is 0 Å². The first-order valence-electron chi connectivity index (χ1n) is 8.71. The van der Waals surface area contributed by atoms with E-state index in [1.54, 1.807) is 12.1 Å². The quantitative estimate of drug-likeness (QED) is 0.701. The number of hydrogen-bond donors (Lipinski definition) is 2. The topological polar surface area (TPSA) is 114 Å². The fraction of sp³-hybridized carbons (Fsp3) is 0.333. The van der Waals surface area contributed by atoms with Crippen LogP contribution in [-0.2, 0) is 20.3 Å². The number of H-pyrrole nitrogens is 1. The highest BCUT2D eigenvalue weighted by atomic mass is 32.2. The molecular weight excluding hydrogens is 366 g/mol. The Kier molecular flexibility index (Phi) is 4.48. The summed E-state index contributed by atoms with van der Waals surface area (Å²) in [7, 11) is -3.68. The molecule has 1 aliphatic heterocycles. The average Bonchev–Trinajstić information content (AvgIpc) is 2.98. The molecule has 0 aliphatic carbocycles. The lowest BCUT2D eigenvalue weighted by molar-refractivity contribution is 0.0530. The average molecular weight is 387 g/mol. The zero-order valence-corrected chi connectivity index (χ0v) is 15.7. The summed E-state index contributed by atoms with van der Waals surface area (Å²) < 4.78 is 31.7. The summed E-state index contributed by atoms with van der Waals surface area (Å²) in [6.45, 7) is 3.91. The molecule has 142 valence electrons. The number of morpholine rings is 1. The number of sulfone groups is 1. The standard InChI is InChI=1S/C18H21N5O3S/c1-12-9-23(7-8-26-12)18-15-14(20-11-21-18)16(17(19)22-15)27(24,25)10-13-5-3-2-4-6-13/h2-6,11-12,22H,7-10,19H2,1H3. The minimum atomic E-state index is -3.68. The molecular formula is C18H21N5O3S. The molecule has 2 aromatic heterocycles. The Balaban J connectivity index is 1.78. The summed E-state index contributed by atoms with van der Waals surface area (Å²) in [6, 6.07) is 9.02. The number of nitrogens with zero attached hydrogens (tertiary/aromatic N) is 3. The van der Waals surface area contributed by atoms with Gasteiger partial charge in [-0.05, 0) is 12.5 Å². The van der Waals surface area contributed by atoms with Crippen LogP contribution in [-0.4, -0.2) is 49.2 Å². The van der Waals surface area contributed by atoms with E-state index in [9.17, 15) is 8.42 Å². The van der Waals surface area contributed by atoms with Gasteiger partial charge in [-0.3, -0.25) is 0 Å². The first-order chi connectivity index (χ1) is 13.0. The van der Waals surface area contributed by atoms with Gasteiger partial charge in [0, 0.05) is 13.1 Å². The molecule has 0 radical (unpaired) electrons. The number of ether oxygens (including phenoxy) is 1. The van der Waals surface area contributed by atoms with Gasteiger partial charge in [0.25, 0.3) is 0 Å². The van der Waals surface area contributed by atoms with E-state index in [0.717, 1.165) is 0 Å². The van der Waals surface area contributed by atoms with Crippen molar-refractivity contribution >= 4 is 32.5 Å². The van der Waals surface area contributed by atoms with Crippen molar-refractivity contribution in [2.24, 2.45) is 0 Å². The number of rotatable bonds is 4. The van der Waals surface area contributed by atoms with Crippen molar-refractivity contribution in [2.75, 3.05) is 30.3 Å². The lowest BCUT2D eigenvalue weighted by atomic mass is 10.2. The third-order valence-corrected chi connectivity index (χ3v) is 6.35. The summed E-state index contributed by atoms with van der Waals surface area (Å²) in [5.74, 6) is 0.589. The lowest BCUT2D eigenvalue weighted by Gasteiger charge is -2.32. The summed E-state index contributed by atoms with van der Waals surface area (Å²) in [5, 5.41) is 0. The number of aromatic amines is 1. The highest BCUT2D eigenvalue weighted by molar-refractivity contribution is 7.91. The molecule has 1 atom stereocenters. The van der Waals surface area contributed by atoms with Crippen molar-refractivity contribution in [2.45, 2.75) is 23.7 Å². The molecule has 8 nitrogen and oxygen atoms in total. The number of aromatic nitrogens is 3. The van der Waals surface area contributed by atoms with Gasteiger partial charge >= 0.3 is 0 Å². The molecule has 9 heteroatoms. The van der Waals surface area contributed by atoms with Gasteiger partial charge in [0.2, 0.25) is 0 Å². The van der Waals surface area contributed by atoms with Gasteiger partial charge in [0.1, 0.15) is 28.1 Å². The number of nitrogens with two attached hydrogens (primary N) is 1. The van der Waals surface area contributed by atoms with E-state index >= 15 is 0 Å². The van der Waals surface area contributed by atoms with E-state index in [1.807, 2.05) is 25.1 Å². The molecule has 1 aromatic carbocycles. The Morgan fingerprint density at radius 1 is 1.30 bits per heavy atom. The van der Waals surface area contributed by atoms with E-state index in [0.29, 0.717) is 42.1 Å². The number of nitrogen functional groups attached to an aromatic ring is 1. The molecule has 1 saturated heterocycles. The van der Waals surface area contributed by atoms with Gasteiger partial charge in [-0.15, -0.1) is 0 Å². The van der Waals surface area contributed by atoms with Gasteiger partial charge in [-0.25, -0.2) is 18.4 Å². The maximum atomic E-state index is 13.0. The highest BCUT2D eigenvalue weighted by Gasteiger charge is 2.28. The molecule has 4 rings (SSSR count). The minimum Gasteiger partial charge on any atom is -0.384 e. The molecule has 1 unspecified atom stereocenters. The Labute approximate surface area is 157 Å². The van der Waals surface area contributed by atoms with Crippen LogP contribution < -0.4 is 10.6 Å². The first kappa shape index (κ1) is 17.7. The van der Waals surface area contributed by atoms with Crippen LogP contribution in [0.4, 0.5) is 11.6 Å². The molecule has 0 spiro atoms. The first-order valence-corrected chi connectivity index (χ1v) is 10.4. The van der Waals surface area contributed by atoms with Crippen molar-refractivity contribution in [1.29, 1.82) is 0 Å². The summed E-state index contributed by atoms with van der Waals surface area (Å²) in [5.41, 5.74) is 7.63. The number of nitrogens with one attached hydrogen (secondary N) is 1. The maximum absolute atomic E-state index is 13.0. The fourth-order valence-electron chi connectivity index (χ4n) is 3.41. The van der Waals surface area contributed by atoms with E-state index < -0.39 is 9.84 Å². The van der Waals surface area contributed by atoms with Gasteiger partial charge in [0.15, 0.2) is 15.7 Å². The van der Waals surface area contributed by atoms with Crippen molar-refractivity contribution < 1.29 is 13.2 Å². The molecule has 0 saturated carbocycles. The van der Waals surface area contributed by atoms with Crippen molar-refractivity contribution in [3.8, 4) is 0 Å². The van der Waals surface area contributed by atoms with E-state index in [4.69, 9.17) is 10.5 Å². The number of hydrogen-bond acceptors (Lipinski definition) is 7. The van der Waals surface area contributed by atoms with Crippen LogP contribution in [0.25, 0.3) is 11.0 Å². The normalized spacial score (nSPS) is 18.1. The second-order valence-electron chi connectivity index (χ2n) is 6.66. The molecule has 3 heterocycles. The lowest BCUT2D eigenvalue weighted by Crippen LogP contribution is -2.41.